The van der Waals surface area contributed by atoms with Gasteiger partial charge in [0.1, 0.15) is 11.5 Å². The van der Waals surface area contributed by atoms with Gasteiger partial charge >= 0.3 is 0 Å². The molecule has 1 aromatic carbocycles. The van der Waals surface area contributed by atoms with Crippen molar-refractivity contribution in [3.05, 3.63) is 46.5 Å². The zero-order chi connectivity index (χ0) is 16.6. The molecule has 0 fully saturated rings. The Hall–Kier alpha value is -1.92. The van der Waals surface area contributed by atoms with Gasteiger partial charge in [0.25, 0.3) is 5.91 Å². The first-order chi connectivity index (χ1) is 11.0. The molecule has 1 aliphatic heterocycles. The van der Waals surface area contributed by atoms with Crippen LogP contribution in [0.15, 0.2) is 18.2 Å². The number of aryl methyl sites for hydroxylation is 1. The van der Waals surface area contributed by atoms with E-state index < -0.39 is 0 Å². The number of benzene rings is 1. The first-order valence-electron chi connectivity index (χ1n) is 7.83. The number of carbonyl (C=O) groups excluding carboxylic acids is 1. The molecule has 1 amide bonds. The summed E-state index contributed by atoms with van der Waals surface area (Å²) in [5.41, 5.74) is 3.13. The molecule has 5 nitrogen and oxygen atoms in total. The summed E-state index contributed by atoms with van der Waals surface area (Å²) in [6.07, 6.45) is 0.633. The number of amides is 1. The maximum absolute atomic E-state index is 14.6. The zero-order valence-electron chi connectivity index (χ0n) is 14.0. The second kappa shape index (κ2) is 7.32. The van der Waals surface area contributed by atoms with E-state index in [1.165, 1.54) is 4.68 Å². The number of carbonyl (C=O) groups is 1. The van der Waals surface area contributed by atoms with Gasteiger partial charge in [-0.05, 0) is 42.1 Å². The minimum absolute atomic E-state index is 0. The Bertz CT molecular complexity index is 757. The molecule has 130 valence electrons. The fourth-order valence-corrected chi connectivity index (χ4v) is 2.80. The van der Waals surface area contributed by atoms with Crippen LogP contribution in [0.4, 0.5) is 10.1 Å². The third kappa shape index (κ3) is 3.44. The second-order valence-electron chi connectivity index (χ2n) is 6.18. The summed E-state index contributed by atoms with van der Waals surface area (Å²) in [6.45, 7) is 5.45. The summed E-state index contributed by atoms with van der Waals surface area (Å²) in [6, 6.07) is 5.24. The average Bonchev–Trinajstić information content (AvgIpc) is 2.92. The Kier molecular flexibility index (Phi) is 5.62. The van der Waals surface area contributed by atoms with E-state index in [-0.39, 0.29) is 35.7 Å². The maximum Gasteiger partial charge on any atom is 0.274 e. The Morgan fingerprint density at radius 2 is 2.17 bits per heavy atom. The van der Waals surface area contributed by atoms with Gasteiger partial charge in [-0.2, -0.15) is 5.10 Å². The summed E-state index contributed by atoms with van der Waals surface area (Å²) in [4.78, 5) is 12.4. The van der Waals surface area contributed by atoms with Crippen LogP contribution in [-0.2, 0) is 20.0 Å². The van der Waals surface area contributed by atoms with Crippen molar-refractivity contribution in [1.29, 1.82) is 0 Å². The minimum Gasteiger partial charge on any atom is -0.318 e. The summed E-state index contributed by atoms with van der Waals surface area (Å²) < 4.78 is 16.1. The second-order valence-corrected chi connectivity index (χ2v) is 6.18. The van der Waals surface area contributed by atoms with Crippen molar-refractivity contribution in [1.82, 2.24) is 15.1 Å². The van der Waals surface area contributed by atoms with Crippen LogP contribution in [0.5, 0.6) is 0 Å². The molecule has 0 unspecified atom stereocenters. The van der Waals surface area contributed by atoms with E-state index >= 15 is 0 Å². The number of halogens is 2. The van der Waals surface area contributed by atoms with Gasteiger partial charge in [-0.25, -0.2) is 4.39 Å². The molecule has 0 radical (unpaired) electrons. The smallest absolute Gasteiger partial charge is 0.274 e. The van der Waals surface area contributed by atoms with Crippen LogP contribution in [0, 0.1) is 5.82 Å². The molecule has 2 heterocycles. The molecule has 0 spiro atoms. The predicted molar refractivity (Wildman–Crippen MR) is 94.3 cm³/mol. The standard InChI is InChI=1S/C17H21FN4O.ClH/c1-10(2)14-8-15(22(3)21-14)17(23)20-13-5-4-11-9-19-7-6-12(11)16(13)18;/h4-5,8,10,19H,6-7,9H2,1-3H3,(H,20,23);1H. The Labute approximate surface area is 147 Å². The van der Waals surface area contributed by atoms with Gasteiger partial charge in [0.2, 0.25) is 0 Å². The van der Waals surface area contributed by atoms with E-state index in [0.717, 1.165) is 17.8 Å². The number of hydrogen-bond acceptors (Lipinski definition) is 3. The molecule has 0 atom stereocenters. The summed E-state index contributed by atoms with van der Waals surface area (Å²) in [5, 5.41) is 10.2. The van der Waals surface area contributed by atoms with Crippen LogP contribution in [0.3, 0.4) is 0 Å². The summed E-state index contributed by atoms with van der Waals surface area (Å²) in [5.74, 6) is -0.445. The van der Waals surface area contributed by atoms with Crippen molar-refractivity contribution in [3.8, 4) is 0 Å². The normalized spacial score (nSPS) is 13.4. The van der Waals surface area contributed by atoms with Crippen LogP contribution in [0.1, 0.15) is 47.1 Å². The quantitative estimate of drug-likeness (QED) is 0.892. The monoisotopic (exact) mass is 352 g/mol. The molecular weight excluding hydrogens is 331 g/mol. The van der Waals surface area contributed by atoms with Crippen LogP contribution >= 0.6 is 12.4 Å². The molecule has 1 aromatic heterocycles. The number of nitrogens with one attached hydrogen (secondary N) is 2. The van der Waals surface area contributed by atoms with Crippen LogP contribution in [0.2, 0.25) is 0 Å². The first-order valence-corrected chi connectivity index (χ1v) is 7.83. The van der Waals surface area contributed by atoms with Crippen LogP contribution < -0.4 is 10.6 Å². The van der Waals surface area contributed by atoms with E-state index in [2.05, 4.69) is 15.7 Å². The fourth-order valence-electron chi connectivity index (χ4n) is 2.80. The highest BCUT2D eigenvalue weighted by atomic mass is 35.5. The molecule has 2 N–H and O–H groups in total. The molecule has 0 aliphatic carbocycles. The summed E-state index contributed by atoms with van der Waals surface area (Å²) in [7, 11) is 1.72. The van der Waals surface area contributed by atoms with Crippen molar-refractivity contribution in [2.24, 2.45) is 7.05 Å². The van der Waals surface area contributed by atoms with Crippen molar-refractivity contribution in [2.75, 3.05) is 11.9 Å². The van der Waals surface area contributed by atoms with Crippen LogP contribution in [0.25, 0.3) is 0 Å². The van der Waals surface area contributed by atoms with Gasteiger partial charge in [0.15, 0.2) is 0 Å². The molecule has 0 bridgehead atoms. The number of rotatable bonds is 3. The molecule has 1 aliphatic rings. The summed E-state index contributed by atoms with van der Waals surface area (Å²) >= 11 is 0. The van der Waals surface area contributed by atoms with Gasteiger partial charge in [-0.3, -0.25) is 9.48 Å². The highest BCUT2D eigenvalue weighted by molar-refractivity contribution is 6.03. The minimum atomic E-state index is -0.348. The predicted octanol–water partition coefficient (Wildman–Crippen LogP) is 3.00. The number of hydrogen-bond donors (Lipinski definition) is 2. The lowest BCUT2D eigenvalue weighted by Crippen LogP contribution is -2.25. The molecule has 24 heavy (non-hydrogen) atoms. The lowest BCUT2D eigenvalue weighted by Gasteiger charge is -2.19. The van der Waals surface area contributed by atoms with E-state index in [0.29, 0.717) is 24.2 Å². The lowest BCUT2D eigenvalue weighted by atomic mass is 9.99. The number of nitrogens with zero attached hydrogens (tertiary/aromatic N) is 2. The van der Waals surface area contributed by atoms with Crippen molar-refractivity contribution < 1.29 is 9.18 Å². The topological polar surface area (TPSA) is 59.0 Å². The van der Waals surface area contributed by atoms with Crippen molar-refractivity contribution in [3.63, 3.8) is 0 Å². The van der Waals surface area contributed by atoms with Crippen LogP contribution in [-0.4, -0.2) is 22.2 Å². The molecule has 3 rings (SSSR count). The fraction of sp³-hybridized carbons (Fsp3) is 0.412. The number of aromatic nitrogens is 2. The van der Waals surface area contributed by atoms with Crippen molar-refractivity contribution in [2.45, 2.75) is 32.7 Å². The van der Waals surface area contributed by atoms with E-state index in [4.69, 9.17) is 0 Å². The Morgan fingerprint density at radius 1 is 1.42 bits per heavy atom. The zero-order valence-corrected chi connectivity index (χ0v) is 14.8. The largest absolute Gasteiger partial charge is 0.318 e. The van der Waals surface area contributed by atoms with E-state index in [9.17, 15) is 9.18 Å². The highest BCUT2D eigenvalue weighted by Gasteiger charge is 2.20. The van der Waals surface area contributed by atoms with E-state index in [1.54, 1.807) is 19.2 Å². The number of fused-ring (bicyclic) bond motifs is 1. The van der Waals surface area contributed by atoms with Crippen molar-refractivity contribution >= 4 is 24.0 Å². The Morgan fingerprint density at radius 3 is 2.83 bits per heavy atom. The third-order valence-electron chi connectivity index (χ3n) is 4.18. The van der Waals surface area contributed by atoms with Gasteiger partial charge < -0.3 is 10.6 Å². The highest BCUT2D eigenvalue weighted by Crippen LogP contribution is 2.25. The molecule has 7 heteroatoms. The third-order valence-corrected chi connectivity index (χ3v) is 4.18. The van der Waals surface area contributed by atoms with Gasteiger partial charge in [-0.1, -0.05) is 19.9 Å². The molecular formula is C17H22ClFN4O. The van der Waals surface area contributed by atoms with Gasteiger partial charge in [0, 0.05) is 13.6 Å². The van der Waals surface area contributed by atoms with Gasteiger partial charge in [0.05, 0.1) is 11.4 Å². The van der Waals surface area contributed by atoms with E-state index in [1.807, 2.05) is 19.9 Å². The number of anilines is 1. The molecule has 2 aromatic rings. The molecule has 0 saturated heterocycles. The molecule has 0 saturated carbocycles. The maximum atomic E-state index is 14.6. The lowest BCUT2D eigenvalue weighted by molar-refractivity contribution is 0.101. The Balaban J connectivity index is 0.00000208. The SMILES string of the molecule is CC(C)c1cc(C(=O)Nc2ccc3c(c2F)CCNC3)n(C)n1.Cl. The average molecular weight is 353 g/mol. The first kappa shape index (κ1) is 18.4. The van der Waals surface area contributed by atoms with Gasteiger partial charge in [-0.15, -0.1) is 12.4 Å².